The van der Waals surface area contributed by atoms with E-state index in [0.717, 1.165) is 16.5 Å². The third-order valence-electron chi connectivity index (χ3n) is 4.59. The third kappa shape index (κ3) is 4.39. The van der Waals surface area contributed by atoms with Crippen LogP contribution < -0.4 is 10.1 Å². The monoisotopic (exact) mass is 387 g/mol. The van der Waals surface area contributed by atoms with Gasteiger partial charge in [-0.05, 0) is 42.9 Å². The predicted molar refractivity (Wildman–Crippen MR) is 93.5 cm³/mol. The molecule has 0 saturated heterocycles. The fourth-order valence-corrected chi connectivity index (χ4v) is 4.07. The van der Waals surface area contributed by atoms with Crippen LogP contribution in [0.4, 0.5) is 0 Å². The molecule has 0 bridgehead atoms. The van der Waals surface area contributed by atoms with Crippen LogP contribution >= 0.6 is 27.5 Å². The van der Waals surface area contributed by atoms with Crippen LogP contribution in [0, 0.1) is 18.8 Å². The number of carbonyl (C=O) groups excluding carboxylic acids is 1. The Bertz CT molecular complexity index is 526. The predicted octanol–water partition coefficient (Wildman–Crippen LogP) is 4.73. The van der Waals surface area contributed by atoms with Crippen LogP contribution in [-0.2, 0) is 4.79 Å². The number of halogens is 2. The SMILES string of the molecule is Cc1cc(Br)cc(Cl)c1OCC(=O)N[C@@H]1CCC[C@@H](C)[C@@H]1C. The highest BCUT2D eigenvalue weighted by molar-refractivity contribution is 9.10. The van der Waals surface area contributed by atoms with Gasteiger partial charge in [-0.2, -0.15) is 0 Å². The zero-order chi connectivity index (χ0) is 16.3. The van der Waals surface area contributed by atoms with E-state index in [0.29, 0.717) is 22.6 Å². The topological polar surface area (TPSA) is 38.3 Å². The summed E-state index contributed by atoms with van der Waals surface area (Å²) in [7, 11) is 0. The Labute approximate surface area is 145 Å². The molecule has 0 unspecified atom stereocenters. The molecule has 1 aromatic carbocycles. The van der Waals surface area contributed by atoms with E-state index in [1.165, 1.54) is 12.8 Å². The first-order chi connectivity index (χ1) is 10.4. The average Bonchev–Trinajstić information content (AvgIpc) is 2.42. The number of hydrogen-bond donors (Lipinski definition) is 1. The van der Waals surface area contributed by atoms with Gasteiger partial charge in [0.05, 0.1) is 5.02 Å². The summed E-state index contributed by atoms with van der Waals surface area (Å²) >= 11 is 9.55. The van der Waals surface area contributed by atoms with E-state index in [1.54, 1.807) is 6.07 Å². The van der Waals surface area contributed by atoms with E-state index in [-0.39, 0.29) is 18.6 Å². The van der Waals surface area contributed by atoms with Crippen molar-refractivity contribution in [1.82, 2.24) is 5.32 Å². The molecule has 122 valence electrons. The van der Waals surface area contributed by atoms with Crippen LogP contribution in [0.3, 0.4) is 0 Å². The number of rotatable bonds is 4. The summed E-state index contributed by atoms with van der Waals surface area (Å²) in [4.78, 5) is 12.1. The lowest BCUT2D eigenvalue weighted by Gasteiger charge is -2.34. The molecule has 1 aliphatic rings. The van der Waals surface area contributed by atoms with Crippen LogP contribution in [0.15, 0.2) is 16.6 Å². The van der Waals surface area contributed by atoms with Gasteiger partial charge in [-0.15, -0.1) is 0 Å². The highest BCUT2D eigenvalue weighted by Crippen LogP contribution is 2.32. The Morgan fingerprint density at radius 3 is 2.82 bits per heavy atom. The molecular weight excluding hydrogens is 366 g/mol. The number of hydrogen-bond acceptors (Lipinski definition) is 2. The van der Waals surface area contributed by atoms with Crippen LogP contribution in [-0.4, -0.2) is 18.6 Å². The van der Waals surface area contributed by atoms with Gasteiger partial charge in [0.1, 0.15) is 5.75 Å². The minimum Gasteiger partial charge on any atom is -0.482 e. The van der Waals surface area contributed by atoms with E-state index < -0.39 is 0 Å². The fraction of sp³-hybridized carbons (Fsp3) is 0.588. The van der Waals surface area contributed by atoms with Gasteiger partial charge in [0.25, 0.3) is 5.91 Å². The molecule has 0 aromatic heterocycles. The Kier molecular flexibility index (Phi) is 6.16. The average molecular weight is 389 g/mol. The van der Waals surface area contributed by atoms with Crippen molar-refractivity contribution in [3.05, 3.63) is 27.2 Å². The van der Waals surface area contributed by atoms with Crippen LogP contribution in [0.1, 0.15) is 38.7 Å². The summed E-state index contributed by atoms with van der Waals surface area (Å²) in [6.45, 7) is 6.38. The summed E-state index contributed by atoms with van der Waals surface area (Å²) in [6, 6.07) is 3.94. The zero-order valence-corrected chi connectivity index (χ0v) is 15.6. The second-order valence-corrected chi connectivity index (χ2v) is 7.59. The number of amides is 1. The fourth-order valence-electron chi connectivity index (χ4n) is 3.04. The normalized spacial score (nSPS) is 24.9. The van der Waals surface area contributed by atoms with Gasteiger partial charge < -0.3 is 10.1 Å². The Morgan fingerprint density at radius 2 is 2.14 bits per heavy atom. The summed E-state index contributed by atoms with van der Waals surface area (Å²) in [5, 5.41) is 3.62. The molecule has 1 aromatic rings. The first-order valence-electron chi connectivity index (χ1n) is 7.76. The van der Waals surface area contributed by atoms with E-state index in [2.05, 4.69) is 35.1 Å². The maximum atomic E-state index is 12.1. The van der Waals surface area contributed by atoms with Gasteiger partial charge >= 0.3 is 0 Å². The molecule has 5 heteroatoms. The first kappa shape index (κ1) is 17.6. The number of nitrogens with one attached hydrogen (secondary N) is 1. The summed E-state index contributed by atoms with van der Waals surface area (Å²) in [5.74, 6) is 1.66. The number of aryl methyl sites for hydroxylation is 1. The Balaban J connectivity index is 1.91. The summed E-state index contributed by atoms with van der Waals surface area (Å²) in [5.41, 5.74) is 0.909. The minimum absolute atomic E-state index is 0.000205. The first-order valence-corrected chi connectivity index (χ1v) is 8.93. The lowest BCUT2D eigenvalue weighted by Crippen LogP contribution is -2.45. The molecule has 1 aliphatic carbocycles. The standard InChI is InChI=1S/C17H23BrClNO2/c1-10-5-4-6-15(12(10)3)20-16(21)9-22-17-11(2)7-13(18)8-14(17)19/h7-8,10,12,15H,4-6,9H2,1-3H3,(H,20,21)/t10-,12+,15-/m1/s1. The molecule has 1 N–H and O–H groups in total. The van der Waals surface area contributed by atoms with Crippen molar-refractivity contribution in [2.24, 2.45) is 11.8 Å². The van der Waals surface area contributed by atoms with Gasteiger partial charge in [-0.1, -0.05) is 54.2 Å². The van der Waals surface area contributed by atoms with E-state index in [4.69, 9.17) is 16.3 Å². The number of ether oxygens (including phenoxy) is 1. The van der Waals surface area contributed by atoms with Crippen molar-refractivity contribution in [1.29, 1.82) is 0 Å². The molecule has 1 saturated carbocycles. The quantitative estimate of drug-likeness (QED) is 0.809. The summed E-state index contributed by atoms with van der Waals surface area (Å²) < 4.78 is 6.52. The molecule has 22 heavy (non-hydrogen) atoms. The third-order valence-corrected chi connectivity index (χ3v) is 5.33. The van der Waals surface area contributed by atoms with Crippen LogP contribution in [0.2, 0.25) is 5.02 Å². The van der Waals surface area contributed by atoms with Crippen molar-refractivity contribution in [3.8, 4) is 5.75 Å². The molecule has 0 spiro atoms. The molecule has 2 rings (SSSR count). The maximum absolute atomic E-state index is 12.1. The van der Waals surface area contributed by atoms with Crippen LogP contribution in [0.5, 0.6) is 5.75 Å². The van der Waals surface area contributed by atoms with Crippen LogP contribution in [0.25, 0.3) is 0 Å². The molecule has 1 amide bonds. The number of carbonyl (C=O) groups is 1. The van der Waals surface area contributed by atoms with E-state index >= 15 is 0 Å². The van der Waals surface area contributed by atoms with Crippen molar-refractivity contribution < 1.29 is 9.53 Å². The van der Waals surface area contributed by atoms with Gasteiger partial charge in [-0.25, -0.2) is 0 Å². The second-order valence-electron chi connectivity index (χ2n) is 6.26. The molecule has 0 aliphatic heterocycles. The summed E-state index contributed by atoms with van der Waals surface area (Å²) in [6.07, 6.45) is 3.47. The molecule has 0 heterocycles. The van der Waals surface area contributed by atoms with Crippen molar-refractivity contribution in [3.63, 3.8) is 0 Å². The minimum atomic E-state index is -0.0793. The molecule has 3 atom stereocenters. The molecule has 0 radical (unpaired) electrons. The second kappa shape index (κ2) is 7.69. The smallest absolute Gasteiger partial charge is 0.258 e. The zero-order valence-electron chi connectivity index (χ0n) is 13.3. The highest BCUT2D eigenvalue weighted by Gasteiger charge is 2.28. The molecular formula is C17H23BrClNO2. The molecule has 1 fully saturated rings. The molecule has 3 nitrogen and oxygen atoms in total. The van der Waals surface area contributed by atoms with E-state index in [9.17, 15) is 4.79 Å². The maximum Gasteiger partial charge on any atom is 0.258 e. The van der Waals surface area contributed by atoms with Gasteiger partial charge in [-0.3, -0.25) is 4.79 Å². The lowest BCUT2D eigenvalue weighted by atomic mass is 9.78. The van der Waals surface area contributed by atoms with Gasteiger partial charge in [0, 0.05) is 10.5 Å². The number of benzene rings is 1. The van der Waals surface area contributed by atoms with Gasteiger partial charge in [0.15, 0.2) is 6.61 Å². The Hall–Kier alpha value is -0.740. The van der Waals surface area contributed by atoms with E-state index in [1.807, 2.05) is 13.0 Å². The van der Waals surface area contributed by atoms with Crippen molar-refractivity contribution in [2.45, 2.75) is 46.1 Å². The van der Waals surface area contributed by atoms with Crippen molar-refractivity contribution in [2.75, 3.05) is 6.61 Å². The van der Waals surface area contributed by atoms with Gasteiger partial charge in [0.2, 0.25) is 0 Å². The lowest BCUT2D eigenvalue weighted by molar-refractivity contribution is -0.124. The Morgan fingerprint density at radius 1 is 1.41 bits per heavy atom. The van der Waals surface area contributed by atoms with Crippen molar-refractivity contribution >= 4 is 33.4 Å². The largest absolute Gasteiger partial charge is 0.482 e. The highest BCUT2D eigenvalue weighted by atomic mass is 79.9.